The highest BCUT2D eigenvalue weighted by molar-refractivity contribution is 4.84. The molecular weight excluding hydrogens is 282 g/mol. The van der Waals surface area contributed by atoms with Gasteiger partial charge in [0.2, 0.25) is 0 Å². The van der Waals surface area contributed by atoms with Crippen LogP contribution in [0.4, 0.5) is 0 Å². The van der Waals surface area contributed by atoms with Gasteiger partial charge in [0.05, 0.1) is 0 Å². The third-order valence-electron chi connectivity index (χ3n) is 3.96. The van der Waals surface area contributed by atoms with Gasteiger partial charge < -0.3 is 16.0 Å². The van der Waals surface area contributed by atoms with E-state index < -0.39 is 0 Å². The number of nitrogens with one attached hydrogen (secondary N) is 1. The molecule has 3 nitrogen and oxygen atoms in total. The summed E-state index contributed by atoms with van der Waals surface area (Å²) in [6.45, 7) is 8.16. The summed E-state index contributed by atoms with van der Waals surface area (Å²) in [5.41, 5.74) is 5.70. The third kappa shape index (κ3) is 17.2. The zero-order chi connectivity index (χ0) is 17.0. The van der Waals surface area contributed by atoms with Crippen LogP contribution in [-0.2, 0) is 0 Å². The average Bonchev–Trinajstić information content (AvgIpc) is 2.56. The molecule has 0 heterocycles. The highest BCUT2D eigenvalue weighted by atomic mass is 15.1. The molecule has 0 radical (unpaired) electrons. The van der Waals surface area contributed by atoms with Crippen LogP contribution in [-0.4, -0.2) is 31.1 Å². The number of rotatable bonds is 17. The molecule has 0 rings (SSSR count). The van der Waals surface area contributed by atoms with Crippen LogP contribution < -0.4 is 11.1 Å². The van der Waals surface area contributed by atoms with Crippen LogP contribution in [0.25, 0.3) is 0 Å². The molecule has 0 aliphatic rings. The molecule has 0 fully saturated rings. The van der Waals surface area contributed by atoms with Crippen molar-refractivity contribution in [2.24, 2.45) is 5.73 Å². The second-order valence-corrected chi connectivity index (χ2v) is 6.26. The molecule has 0 aliphatic heterocycles. The molecule has 0 aliphatic carbocycles. The Balaban J connectivity index is 3.66. The first kappa shape index (κ1) is 22.0. The Kier molecular flexibility index (Phi) is 18.3. The lowest BCUT2D eigenvalue weighted by Gasteiger charge is -2.19. The van der Waals surface area contributed by atoms with Gasteiger partial charge in [0.1, 0.15) is 0 Å². The Bertz CT molecular complexity index is 274. The Morgan fingerprint density at radius 2 is 1.48 bits per heavy atom. The van der Waals surface area contributed by atoms with Crippen molar-refractivity contribution >= 4 is 0 Å². The van der Waals surface area contributed by atoms with Gasteiger partial charge in [-0.1, -0.05) is 64.5 Å². The van der Waals surface area contributed by atoms with Gasteiger partial charge in [-0.3, -0.25) is 0 Å². The molecule has 0 saturated heterocycles. The fourth-order valence-corrected chi connectivity index (χ4v) is 2.49. The van der Waals surface area contributed by atoms with Crippen molar-refractivity contribution in [3.8, 4) is 0 Å². The minimum absolute atomic E-state index is 0.716. The van der Waals surface area contributed by atoms with Gasteiger partial charge in [-0.25, -0.2) is 0 Å². The number of hydrogen-bond donors (Lipinski definition) is 2. The first-order chi connectivity index (χ1) is 11.3. The maximum absolute atomic E-state index is 5.70. The Hall–Kier alpha value is -0.960. The van der Waals surface area contributed by atoms with Crippen molar-refractivity contribution in [3.05, 3.63) is 24.6 Å². The maximum Gasteiger partial charge on any atom is 0.0346 e. The van der Waals surface area contributed by atoms with Crippen molar-refractivity contribution in [2.45, 2.75) is 78.1 Å². The van der Waals surface area contributed by atoms with Crippen LogP contribution in [0.15, 0.2) is 24.6 Å². The van der Waals surface area contributed by atoms with E-state index in [1.165, 1.54) is 64.2 Å². The van der Waals surface area contributed by atoms with Crippen molar-refractivity contribution in [2.75, 3.05) is 26.2 Å². The molecule has 0 unspecified atom stereocenters. The smallest absolute Gasteiger partial charge is 0.0346 e. The van der Waals surface area contributed by atoms with E-state index in [9.17, 15) is 0 Å². The predicted molar refractivity (Wildman–Crippen MR) is 104 cm³/mol. The molecule has 0 saturated carbocycles. The van der Waals surface area contributed by atoms with Gasteiger partial charge in [0, 0.05) is 26.2 Å². The lowest BCUT2D eigenvalue weighted by molar-refractivity contribution is 0.385. The van der Waals surface area contributed by atoms with Crippen LogP contribution in [0.5, 0.6) is 0 Å². The summed E-state index contributed by atoms with van der Waals surface area (Å²) in [6, 6.07) is 0. The second-order valence-electron chi connectivity index (χ2n) is 6.26. The largest absolute Gasteiger partial charge is 0.389 e. The summed E-state index contributed by atoms with van der Waals surface area (Å²) in [5.74, 6) is 0. The number of unbranched alkanes of at least 4 members (excludes halogenated alkanes) is 8. The highest BCUT2D eigenvalue weighted by Gasteiger charge is 1.96. The molecule has 0 atom stereocenters. The van der Waals surface area contributed by atoms with E-state index in [-0.39, 0.29) is 0 Å². The van der Waals surface area contributed by atoms with Gasteiger partial charge in [-0.2, -0.15) is 0 Å². The maximum atomic E-state index is 5.70. The zero-order valence-electron chi connectivity index (χ0n) is 15.7. The topological polar surface area (TPSA) is 41.3 Å². The monoisotopic (exact) mass is 323 g/mol. The van der Waals surface area contributed by atoms with Crippen LogP contribution in [0.2, 0.25) is 0 Å². The summed E-state index contributed by atoms with van der Waals surface area (Å²) in [6.07, 6.45) is 21.9. The SMILES string of the molecule is CCCCCCC=CNCCN(C=CCCCCCC)CCN. The second kappa shape index (κ2) is 19.1. The molecule has 3 N–H and O–H groups in total. The number of hydrogen-bond acceptors (Lipinski definition) is 3. The molecule has 136 valence electrons. The lowest BCUT2D eigenvalue weighted by Crippen LogP contribution is -2.30. The fraction of sp³-hybridized carbons (Fsp3) is 0.800. The number of nitrogens with zero attached hydrogens (tertiary/aromatic N) is 1. The Labute approximate surface area is 145 Å². The summed E-state index contributed by atoms with van der Waals surface area (Å²) >= 11 is 0. The average molecular weight is 324 g/mol. The first-order valence-electron chi connectivity index (χ1n) is 9.84. The molecule has 3 heteroatoms. The van der Waals surface area contributed by atoms with Crippen LogP contribution in [0, 0.1) is 0 Å². The molecule has 0 bridgehead atoms. The molecular formula is C20H41N3. The van der Waals surface area contributed by atoms with E-state index >= 15 is 0 Å². The minimum Gasteiger partial charge on any atom is -0.389 e. The van der Waals surface area contributed by atoms with Crippen molar-refractivity contribution in [1.82, 2.24) is 10.2 Å². The quantitative estimate of drug-likeness (QED) is 0.378. The lowest BCUT2D eigenvalue weighted by atomic mass is 10.1. The van der Waals surface area contributed by atoms with E-state index in [1.54, 1.807) is 0 Å². The van der Waals surface area contributed by atoms with Crippen molar-refractivity contribution in [1.29, 1.82) is 0 Å². The van der Waals surface area contributed by atoms with Crippen LogP contribution >= 0.6 is 0 Å². The van der Waals surface area contributed by atoms with Gasteiger partial charge in [-0.05, 0) is 38.1 Å². The van der Waals surface area contributed by atoms with Crippen LogP contribution in [0.3, 0.4) is 0 Å². The highest BCUT2D eigenvalue weighted by Crippen LogP contribution is 2.04. The summed E-state index contributed by atoms with van der Waals surface area (Å²) in [4.78, 5) is 2.32. The standard InChI is InChI=1S/C20H41N3/c1-3-5-7-9-11-13-16-22-17-20-23(19-15-21)18-14-12-10-8-6-4-2/h13-14,16,18,22H,3-12,15,17,19-21H2,1-2H3. The van der Waals surface area contributed by atoms with Crippen molar-refractivity contribution in [3.63, 3.8) is 0 Å². The van der Waals surface area contributed by atoms with Gasteiger partial charge in [-0.15, -0.1) is 0 Å². The third-order valence-corrected chi connectivity index (χ3v) is 3.96. The van der Waals surface area contributed by atoms with Gasteiger partial charge in [0.25, 0.3) is 0 Å². The number of allylic oxidation sites excluding steroid dienone is 2. The summed E-state index contributed by atoms with van der Waals surface area (Å²) in [5, 5.41) is 3.39. The molecule has 23 heavy (non-hydrogen) atoms. The molecule has 0 amide bonds. The predicted octanol–water partition coefficient (Wildman–Crippen LogP) is 4.80. The van der Waals surface area contributed by atoms with Gasteiger partial charge in [0.15, 0.2) is 0 Å². The zero-order valence-corrected chi connectivity index (χ0v) is 15.7. The van der Waals surface area contributed by atoms with E-state index in [4.69, 9.17) is 5.73 Å². The summed E-state index contributed by atoms with van der Waals surface area (Å²) in [7, 11) is 0. The van der Waals surface area contributed by atoms with Crippen molar-refractivity contribution < 1.29 is 0 Å². The van der Waals surface area contributed by atoms with Crippen LogP contribution in [0.1, 0.15) is 78.1 Å². The Morgan fingerprint density at radius 1 is 0.826 bits per heavy atom. The number of nitrogens with two attached hydrogens (primary N) is 1. The summed E-state index contributed by atoms with van der Waals surface area (Å²) < 4.78 is 0. The van der Waals surface area contributed by atoms with E-state index in [2.05, 4.69) is 48.6 Å². The Morgan fingerprint density at radius 3 is 2.09 bits per heavy atom. The van der Waals surface area contributed by atoms with E-state index in [0.29, 0.717) is 6.54 Å². The van der Waals surface area contributed by atoms with E-state index in [0.717, 1.165) is 19.6 Å². The molecule has 0 aromatic carbocycles. The molecule has 0 aromatic rings. The fourth-order valence-electron chi connectivity index (χ4n) is 2.49. The van der Waals surface area contributed by atoms with E-state index in [1.807, 2.05) is 0 Å². The normalized spacial score (nSPS) is 11.6. The van der Waals surface area contributed by atoms with Gasteiger partial charge >= 0.3 is 0 Å². The minimum atomic E-state index is 0.716. The first-order valence-corrected chi connectivity index (χ1v) is 9.84. The molecule has 0 spiro atoms. The molecule has 0 aromatic heterocycles.